The first-order valence-corrected chi connectivity index (χ1v) is 12.2. The molecule has 1 aliphatic heterocycles. The molecule has 2 atom stereocenters. The van der Waals surface area contributed by atoms with Crippen molar-refractivity contribution >= 4 is 11.5 Å². The van der Waals surface area contributed by atoms with Crippen LogP contribution in [0.15, 0.2) is 42.7 Å². The molecule has 4 heterocycles. The van der Waals surface area contributed by atoms with Crippen LogP contribution in [0.5, 0.6) is 0 Å². The molecule has 3 aromatic heterocycles. The lowest BCUT2D eigenvalue weighted by atomic mass is 9.90. The highest BCUT2D eigenvalue weighted by Gasteiger charge is 2.28. The van der Waals surface area contributed by atoms with Crippen molar-refractivity contribution in [1.82, 2.24) is 24.2 Å². The first-order valence-electron chi connectivity index (χ1n) is 12.2. The van der Waals surface area contributed by atoms with Gasteiger partial charge in [-0.2, -0.15) is 0 Å². The van der Waals surface area contributed by atoms with Crippen LogP contribution in [0, 0.1) is 0 Å². The molecular weight excluding hydrogens is 396 g/mol. The number of hydrogen-bond acceptors (Lipinski definition) is 5. The van der Waals surface area contributed by atoms with Gasteiger partial charge >= 0.3 is 0 Å². The maximum atomic E-state index is 5.04. The third kappa shape index (κ3) is 4.14. The fourth-order valence-electron chi connectivity index (χ4n) is 5.53. The van der Waals surface area contributed by atoms with E-state index in [1.807, 2.05) is 6.20 Å². The summed E-state index contributed by atoms with van der Waals surface area (Å²) >= 11 is 0. The third-order valence-corrected chi connectivity index (χ3v) is 7.22. The van der Waals surface area contributed by atoms with E-state index in [1.165, 1.54) is 36.3 Å². The topological polar surface area (TPSA) is 39.9 Å². The van der Waals surface area contributed by atoms with Gasteiger partial charge in [0, 0.05) is 38.1 Å². The SMILES string of the molecule is CCCN(Cc1cn2c(N3CC[C@@H](N(C)C)C3)cccc2n1)[C@H]1CCCc2cccnc21. The lowest BCUT2D eigenvalue weighted by molar-refractivity contribution is 0.164. The quantitative estimate of drug-likeness (QED) is 0.561. The van der Waals surface area contributed by atoms with Gasteiger partial charge in [-0.15, -0.1) is 0 Å². The summed E-state index contributed by atoms with van der Waals surface area (Å²) in [7, 11) is 4.37. The van der Waals surface area contributed by atoms with Crippen LogP contribution in [0.3, 0.4) is 0 Å². The predicted octanol–water partition coefficient (Wildman–Crippen LogP) is 4.16. The van der Waals surface area contributed by atoms with Crippen LogP contribution in [0.4, 0.5) is 5.82 Å². The smallest absolute Gasteiger partial charge is 0.138 e. The molecule has 0 amide bonds. The summed E-state index contributed by atoms with van der Waals surface area (Å²) in [5.41, 5.74) is 4.90. The molecule has 32 heavy (non-hydrogen) atoms. The maximum Gasteiger partial charge on any atom is 0.138 e. The summed E-state index contributed by atoms with van der Waals surface area (Å²) in [5.74, 6) is 1.26. The Kier molecular flexibility index (Phi) is 6.15. The Hall–Kier alpha value is -2.44. The summed E-state index contributed by atoms with van der Waals surface area (Å²) in [5, 5.41) is 0. The zero-order valence-electron chi connectivity index (χ0n) is 19.7. The second-order valence-corrected chi connectivity index (χ2v) is 9.62. The van der Waals surface area contributed by atoms with Crippen molar-refractivity contribution in [3.63, 3.8) is 0 Å². The van der Waals surface area contributed by atoms with Gasteiger partial charge in [0.2, 0.25) is 0 Å². The van der Waals surface area contributed by atoms with Crippen molar-refractivity contribution in [2.45, 2.75) is 57.7 Å². The number of pyridine rings is 2. The third-order valence-electron chi connectivity index (χ3n) is 7.22. The molecule has 2 aliphatic rings. The molecule has 5 rings (SSSR count). The van der Waals surface area contributed by atoms with Crippen molar-refractivity contribution in [1.29, 1.82) is 0 Å². The summed E-state index contributed by atoms with van der Waals surface area (Å²) in [6.45, 7) is 6.38. The summed E-state index contributed by atoms with van der Waals surface area (Å²) < 4.78 is 2.30. The highest BCUT2D eigenvalue weighted by Crippen LogP contribution is 2.34. The molecule has 0 bridgehead atoms. The van der Waals surface area contributed by atoms with E-state index in [0.717, 1.165) is 50.4 Å². The zero-order valence-corrected chi connectivity index (χ0v) is 19.7. The average Bonchev–Trinajstić information content (AvgIpc) is 3.45. The van der Waals surface area contributed by atoms with Gasteiger partial charge < -0.3 is 9.80 Å². The van der Waals surface area contributed by atoms with Crippen molar-refractivity contribution in [3.8, 4) is 0 Å². The van der Waals surface area contributed by atoms with E-state index in [9.17, 15) is 0 Å². The minimum atomic E-state index is 0.392. The van der Waals surface area contributed by atoms with Crippen LogP contribution in [-0.2, 0) is 13.0 Å². The average molecular weight is 433 g/mol. The molecule has 0 radical (unpaired) electrons. The molecule has 3 aromatic rings. The molecule has 1 saturated heterocycles. The van der Waals surface area contributed by atoms with Crippen molar-refractivity contribution < 1.29 is 0 Å². The number of aromatic nitrogens is 3. The van der Waals surface area contributed by atoms with E-state index >= 15 is 0 Å². The number of likely N-dealkylation sites (N-methyl/N-ethyl adjacent to an activating group) is 1. The number of aryl methyl sites for hydroxylation is 1. The maximum absolute atomic E-state index is 5.04. The van der Waals surface area contributed by atoms with E-state index in [1.54, 1.807) is 0 Å². The van der Waals surface area contributed by atoms with E-state index < -0.39 is 0 Å². The second-order valence-electron chi connectivity index (χ2n) is 9.62. The number of hydrogen-bond donors (Lipinski definition) is 0. The molecule has 1 fully saturated rings. The van der Waals surface area contributed by atoms with Gasteiger partial charge in [-0.3, -0.25) is 14.3 Å². The Morgan fingerprint density at radius 1 is 1.12 bits per heavy atom. The van der Waals surface area contributed by atoms with Crippen molar-refractivity contribution in [2.75, 3.05) is 38.6 Å². The van der Waals surface area contributed by atoms with Crippen molar-refractivity contribution in [3.05, 3.63) is 59.7 Å². The lowest BCUT2D eigenvalue weighted by Gasteiger charge is -2.34. The molecule has 0 aromatic carbocycles. The largest absolute Gasteiger partial charge is 0.356 e. The van der Waals surface area contributed by atoms with E-state index in [2.05, 4.69) is 76.6 Å². The number of anilines is 1. The molecule has 0 saturated carbocycles. The van der Waals surface area contributed by atoms with Gasteiger partial charge in [-0.05, 0) is 76.5 Å². The molecule has 0 spiro atoms. The Balaban J connectivity index is 1.41. The highest BCUT2D eigenvalue weighted by atomic mass is 15.3. The monoisotopic (exact) mass is 432 g/mol. The Labute approximate surface area is 191 Å². The van der Waals surface area contributed by atoms with Crippen LogP contribution in [0.2, 0.25) is 0 Å². The molecule has 6 nitrogen and oxygen atoms in total. The van der Waals surface area contributed by atoms with Crippen molar-refractivity contribution in [2.24, 2.45) is 0 Å². The summed E-state index contributed by atoms with van der Waals surface area (Å²) in [6, 6.07) is 11.9. The molecule has 6 heteroatoms. The number of fused-ring (bicyclic) bond motifs is 2. The first kappa shape index (κ1) is 21.4. The predicted molar refractivity (Wildman–Crippen MR) is 130 cm³/mol. The van der Waals surface area contributed by atoms with Crippen LogP contribution < -0.4 is 4.90 Å². The zero-order chi connectivity index (χ0) is 22.1. The van der Waals surface area contributed by atoms with Gasteiger partial charge in [0.15, 0.2) is 0 Å². The Bertz CT molecular complexity index is 1060. The van der Waals surface area contributed by atoms with Crippen LogP contribution in [-0.4, -0.2) is 63.9 Å². The summed E-state index contributed by atoms with van der Waals surface area (Å²) in [4.78, 5) is 17.3. The first-order chi connectivity index (χ1) is 15.6. The van der Waals surface area contributed by atoms with E-state index in [-0.39, 0.29) is 0 Å². The van der Waals surface area contributed by atoms with Gasteiger partial charge in [0.1, 0.15) is 11.5 Å². The van der Waals surface area contributed by atoms with Crippen LogP contribution in [0.25, 0.3) is 5.65 Å². The fourth-order valence-corrected chi connectivity index (χ4v) is 5.53. The lowest BCUT2D eigenvalue weighted by Crippen LogP contribution is -2.32. The van der Waals surface area contributed by atoms with E-state index in [4.69, 9.17) is 9.97 Å². The summed E-state index contributed by atoms with van der Waals surface area (Å²) in [6.07, 6.45) is 10.1. The van der Waals surface area contributed by atoms with Gasteiger partial charge in [0.25, 0.3) is 0 Å². The van der Waals surface area contributed by atoms with Crippen LogP contribution in [0.1, 0.15) is 55.6 Å². The number of nitrogens with zero attached hydrogens (tertiary/aromatic N) is 6. The minimum absolute atomic E-state index is 0.392. The minimum Gasteiger partial charge on any atom is -0.356 e. The molecular formula is C26H36N6. The number of rotatable bonds is 7. The van der Waals surface area contributed by atoms with Crippen LogP contribution >= 0.6 is 0 Å². The second kappa shape index (κ2) is 9.20. The fraction of sp³-hybridized carbons (Fsp3) is 0.538. The standard InChI is InChI=1S/C26H36N6/c1-4-15-30(23-10-5-8-20-9-7-14-27-26(20)23)17-21-18-32-24(28-21)11-6-12-25(32)31-16-13-22(19-31)29(2)3/h6-7,9,11-12,14,18,22-23H,4-5,8,10,13,15-17,19H2,1-3H3/t22-,23+/m1/s1. The molecule has 1 aliphatic carbocycles. The molecule has 170 valence electrons. The Morgan fingerprint density at radius 2 is 2.03 bits per heavy atom. The normalized spacial score (nSPS) is 21.1. The Morgan fingerprint density at radius 3 is 2.84 bits per heavy atom. The molecule has 0 unspecified atom stereocenters. The van der Waals surface area contributed by atoms with Gasteiger partial charge in [0.05, 0.1) is 17.4 Å². The molecule has 0 N–H and O–H groups in total. The number of imidazole rings is 1. The van der Waals surface area contributed by atoms with Gasteiger partial charge in [-0.25, -0.2) is 4.98 Å². The van der Waals surface area contributed by atoms with Gasteiger partial charge in [-0.1, -0.05) is 19.1 Å². The highest BCUT2D eigenvalue weighted by molar-refractivity contribution is 5.53. The van der Waals surface area contributed by atoms with E-state index in [0.29, 0.717) is 12.1 Å².